The summed E-state index contributed by atoms with van der Waals surface area (Å²) < 4.78 is 7.27. The minimum atomic E-state index is -0.793. The summed E-state index contributed by atoms with van der Waals surface area (Å²) in [5.41, 5.74) is 1.37. The molecule has 4 rings (SSSR count). The van der Waals surface area contributed by atoms with Crippen LogP contribution in [0, 0.1) is 0 Å². The standard InChI is InChI=1S/C16H16N4O3/c21-15(17-9-14-19-18-13-6-3-7-20(13)14)12-8-10-4-1-2-5-11(10)16(22)23-12/h1-2,4-5,12H,3,6-9H2,(H,17,21). The quantitative estimate of drug-likeness (QED) is 0.840. The highest BCUT2D eigenvalue weighted by molar-refractivity contribution is 5.95. The molecule has 0 radical (unpaired) electrons. The molecule has 0 aliphatic carbocycles. The average molecular weight is 312 g/mol. The Labute approximate surface area is 132 Å². The average Bonchev–Trinajstić information content (AvgIpc) is 3.16. The molecule has 7 nitrogen and oxygen atoms in total. The van der Waals surface area contributed by atoms with Gasteiger partial charge in [-0.2, -0.15) is 0 Å². The Balaban J connectivity index is 1.43. The van der Waals surface area contributed by atoms with Crippen molar-refractivity contribution >= 4 is 11.9 Å². The lowest BCUT2D eigenvalue weighted by Crippen LogP contribution is -2.41. The molecule has 2 aromatic rings. The van der Waals surface area contributed by atoms with E-state index in [9.17, 15) is 9.59 Å². The van der Waals surface area contributed by atoms with Gasteiger partial charge in [0.2, 0.25) is 0 Å². The summed E-state index contributed by atoms with van der Waals surface area (Å²) in [4.78, 5) is 24.3. The summed E-state index contributed by atoms with van der Waals surface area (Å²) in [6, 6.07) is 7.20. The fourth-order valence-electron chi connectivity index (χ4n) is 3.10. The maximum Gasteiger partial charge on any atom is 0.339 e. The third-order valence-corrected chi connectivity index (χ3v) is 4.29. The van der Waals surface area contributed by atoms with Gasteiger partial charge in [0.25, 0.3) is 5.91 Å². The highest BCUT2D eigenvalue weighted by atomic mass is 16.5. The summed E-state index contributed by atoms with van der Waals surface area (Å²) in [5, 5.41) is 11.0. The maximum atomic E-state index is 12.3. The Morgan fingerprint density at radius 1 is 1.35 bits per heavy atom. The number of aryl methyl sites for hydroxylation is 1. The van der Waals surface area contributed by atoms with E-state index < -0.39 is 12.1 Å². The Morgan fingerprint density at radius 2 is 2.22 bits per heavy atom. The van der Waals surface area contributed by atoms with Crippen LogP contribution in [0.2, 0.25) is 0 Å². The van der Waals surface area contributed by atoms with Crippen LogP contribution in [0.25, 0.3) is 0 Å². The predicted octanol–water partition coefficient (Wildman–Crippen LogP) is 0.622. The maximum absolute atomic E-state index is 12.3. The Morgan fingerprint density at radius 3 is 3.13 bits per heavy atom. The Hall–Kier alpha value is -2.70. The van der Waals surface area contributed by atoms with E-state index in [4.69, 9.17) is 4.74 Å². The van der Waals surface area contributed by atoms with E-state index in [-0.39, 0.29) is 5.91 Å². The fraction of sp³-hybridized carbons (Fsp3) is 0.375. The third-order valence-electron chi connectivity index (χ3n) is 4.29. The lowest BCUT2D eigenvalue weighted by Gasteiger charge is -2.23. The molecule has 1 N–H and O–H groups in total. The highest BCUT2D eigenvalue weighted by Crippen LogP contribution is 2.20. The van der Waals surface area contributed by atoms with Crippen molar-refractivity contribution in [2.45, 2.75) is 38.5 Å². The lowest BCUT2D eigenvalue weighted by molar-refractivity contribution is -0.130. The summed E-state index contributed by atoms with van der Waals surface area (Å²) in [6.07, 6.45) is 1.59. The van der Waals surface area contributed by atoms with Gasteiger partial charge in [0.05, 0.1) is 12.1 Å². The van der Waals surface area contributed by atoms with Gasteiger partial charge in [0, 0.05) is 19.4 Å². The molecule has 0 spiro atoms. The predicted molar refractivity (Wildman–Crippen MR) is 79.5 cm³/mol. The molecule has 0 fully saturated rings. The van der Waals surface area contributed by atoms with E-state index in [1.165, 1.54) is 0 Å². The molecule has 2 aliphatic rings. The van der Waals surface area contributed by atoms with Crippen molar-refractivity contribution in [3.8, 4) is 0 Å². The van der Waals surface area contributed by atoms with Crippen LogP contribution in [0.4, 0.5) is 0 Å². The zero-order valence-corrected chi connectivity index (χ0v) is 12.5. The molecule has 7 heteroatoms. The topological polar surface area (TPSA) is 86.1 Å². The number of fused-ring (bicyclic) bond motifs is 2. The molecule has 1 aromatic carbocycles. The first-order valence-corrected chi connectivity index (χ1v) is 7.70. The van der Waals surface area contributed by atoms with E-state index >= 15 is 0 Å². The van der Waals surface area contributed by atoms with Crippen LogP contribution < -0.4 is 5.32 Å². The minimum absolute atomic E-state index is 0.293. The number of amides is 1. The van der Waals surface area contributed by atoms with E-state index in [0.29, 0.717) is 18.5 Å². The van der Waals surface area contributed by atoms with E-state index in [1.54, 1.807) is 12.1 Å². The van der Waals surface area contributed by atoms with Gasteiger partial charge in [-0.05, 0) is 18.1 Å². The van der Waals surface area contributed by atoms with Crippen LogP contribution >= 0.6 is 0 Å². The molecule has 1 unspecified atom stereocenters. The summed E-state index contributed by atoms with van der Waals surface area (Å²) in [7, 11) is 0. The van der Waals surface area contributed by atoms with Crippen LogP contribution in [0.5, 0.6) is 0 Å². The van der Waals surface area contributed by atoms with Crippen LogP contribution in [0.3, 0.4) is 0 Å². The largest absolute Gasteiger partial charge is 0.448 e. The Kier molecular flexibility index (Phi) is 3.33. The number of rotatable bonds is 3. The first-order valence-electron chi connectivity index (χ1n) is 7.70. The van der Waals surface area contributed by atoms with Gasteiger partial charge in [-0.15, -0.1) is 10.2 Å². The molecule has 3 heterocycles. The number of cyclic esters (lactones) is 1. The number of ether oxygens (including phenoxy) is 1. The van der Waals surface area contributed by atoms with Crippen molar-refractivity contribution in [2.24, 2.45) is 0 Å². The van der Waals surface area contributed by atoms with Crippen LogP contribution in [0.1, 0.15) is 34.0 Å². The van der Waals surface area contributed by atoms with E-state index in [2.05, 4.69) is 15.5 Å². The number of benzene rings is 1. The Bertz CT molecular complexity index is 783. The molecule has 0 bridgehead atoms. The minimum Gasteiger partial charge on any atom is -0.448 e. The summed E-state index contributed by atoms with van der Waals surface area (Å²) in [5.74, 6) is 0.958. The first kappa shape index (κ1) is 13.9. The van der Waals surface area contributed by atoms with E-state index in [1.807, 2.05) is 16.7 Å². The monoisotopic (exact) mass is 312 g/mol. The zero-order valence-electron chi connectivity index (χ0n) is 12.5. The second-order valence-corrected chi connectivity index (χ2v) is 5.76. The first-order chi connectivity index (χ1) is 11.2. The number of aromatic nitrogens is 3. The molecule has 1 atom stereocenters. The molecule has 23 heavy (non-hydrogen) atoms. The highest BCUT2D eigenvalue weighted by Gasteiger charge is 2.31. The molecule has 0 saturated carbocycles. The SMILES string of the molecule is O=C1OC(C(=O)NCc2nnc3n2CCC3)Cc2ccccc21. The van der Waals surface area contributed by atoms with Crippen molar-refractivity contribution in [1.82, 2.24) is 20.1 Å². The van der Waals surface area contributed by atoms with Gasteiger partial charge in [-0.25, -0.2) is 4.79 Å². The number of nitrogens with one attached hydrogen (secondary N) is 1. The van der Waals surface area contributed by atoms with Gasteiger partial charge in [0.15, 0.2) is 11.9 Å². The van der Waals surface area contributed by atoms with Crippen LogP contribution in [-0.4, -0.2) is 32.7 Å². The number of hydrogen-bond donors (Lipinski definition) is 1. The van der Waals surface area contributed by atoms with Crippen molar-refractivity contribution in [3.05, 3.63) is 47.0 Å². The third kappa shape index (κ3) is 2.48. The zero-order chi connectivity index (χ0) is 15.8. The van der Waals surface area contributed by atoms with Crippen molar-refractivity contribution in [3.63, 3.8) is 0 Å². The van der Waals surface area contributed by atoms with Crippen LogP contribution in [-0.2, 0) is 35.5 Å². The van der Waals surface area contributed by atoms with Crippen molar-refractivity contribution in [2.75, 3.05) is 0 Å². The second kappa shape index (κ2) is 5.49. The van der Waals surface area contributed by atoms with Gasteiger partial charge in [-0.1, -0.05) is 18.2 Å². The smallest absolute Gasteiger partial charge is 0.339 e. The molecule has 1 amide bonds. The van der Waals surface area contributed by atoms with Gasteiger partial charge >= 0.3 is 5.97 Å². The fourth-order valence-corrected chi connectivity index (χ4v) is 3.10. The molecule has 118 valence electrons. The number of hydrogen-bond acceptors (Lipinski definition) is 5. The summed E-state index contributed by atoms with van der Waals surface area (Å²) >= 11 is 0. The van der Waals surface area contributed by atoms with Crippen molar-refractivity contribution in [1.29, 1.82) is 0 Å². The van der Waals surface area contributed by atoms with Gasteiger partial charge < -0.3 is 14.6 Å². The summed E-state index contributed by atoms with van der Waals surface area (Å²) in [6.45, 7) is 1.18. The molecule has 0 saturated heterocycles. The molecular formula is C16H16N4O3. The van der Waals surface area contributed by atoms with Gasteiger partial charge in [-0.3, -0.25) is 4.79 Å². The number of esters is 1. The molecular weight excluding hydrogens is 296 g/mol. The lowest BCUT2D eigenvalue weighted by atomic mass is 9.98. The van der Waals surface area contributed by atoms with Crippen molar-refractivity contribution < 1.29 is 14.3 Å². The number of carbonyl (C=O) groups is 2. The molecule has 2 aliphatic heterocycles. The second-order valence-electron chi connectivity index (χ2n) is 5.76. The van der Waals surface area contributed by atoms with E-state index in [0.717, 1.165) is 36.6 Å². The number of carbonyl (C=O) groups excluding carboxylic acids is 2. The van der Waals surface area contributed by atoms with Crippen LogP contribution in [0.15, 0.2) is 24.3 Å². The van der Waals surface area contributed by atoms with Gasteiger partial charge in [0.1, 0.15) is 5.82 Å². The molecule has 1 aromatic heterocycles. The number of nitrogens with zero attached hydrogens (tertiary/aromatic N) is 3. The normalized spacial score (nSPS) is 19.0.